The third kappa shape index (κ3) is 6.66. The maximum atomic E-state index is 10.8. The van der Waals surface area contributed by atoms with Crippen molar-refractivity contribution in [2.45, 2.75) is 40.2 Å². The van der Waals surface area contributed by atoms with Gasteiger partial charge >= 0.3 is 5.97 Å². The molecule has 0 unspecified atom stereocenters. The molecule has 0 spiro atoms. The Labute approximate surface area is 86.2 Å². The SMILES string of the molecule is CC(C)=CCN[C@@H](CC(C)C)C(=O)O. The molecule has 14 heavy (non-hydrogen) atoms. The summed E-state index contributed by atoms with van der Waals surface area (Å²) in [5, 5.41) is 11.9. The first-order chi connectivity index (χ1) is 6.43. The quantitative estimate of drug-likeness (QED) is 0.644. The van der Waals surface area contributed by atoms with Crippen LogP contribution in [-0.2, 0) is 4.79 Å². The summed E-state index contributed by atoms with van der Waals surface area (Å²) in [6.45, 7) is 8.68. The summed E-state index contributed by atoms with van der Waals surface area (Å²) in [4.78, 5) is 10.8. The van der Waals surface area contributed by atoms with E-state index in [9.17, 15) is 4.79 Å². The zero-order valence-electron chi connectivity index (χ0n) is 9.50. The third-order valence-electron chi connectivity index (χ3n) is 1.88. The first kappa shape index (κ1) is 13.2. The molecule has 1 atom stereocenters. The lowest BCUT2D eigenvalue weighted by atomic mass is 10.0. The van der Waals surface area contributed by atoms with E-state index in [1.165, 1.54) is 5.57 Å². The molecule has 0 saturated heterocycles. The van der Waals surface area contributed by atoms with E-state index in [-0.39, 0.29) is 0 Å². The van der Waals surface area contributed by atoms with Gasteiger partial charge in [-0.3, -0.25) is 4.79 Å². The molecule has 0 amide bonds. The smallest absolute Gasteiger partial charge is 0.320 e. The van der Waals surface area contributed by atoms with E-state index in [1.54, 1.807) is 0 Å². The predicted octanol–water partition coefficient (Wildman–Crippen LogP) is 2.04. The van der Waals surface area contributed by atoms with Gasteiger partial charge < -0.3 is 10.4 Å². The van der Waals surface area contributed by atoms with Gasteiger partial charge in [0, 0.05) is 6.54 Å². The Balaban J connectivity index is 3.98. The van der Waals surface area contributed by atoms with Crippen molar-refractivity contribution in [3.8, 4) is 0 Å². The van der Waals surface area contributed by atoms with Crippen molar-refractivity contribution in [1.29, 1.82) is 0 Å². The molecule has 0 aliphatic heterocycles. The predicted molar refractivity (Wildman–Crippen MR) is 58.3 cm³/mol. The highest BCUT2D eigenvalue weighted by Gasteiger charge is 2.16. The van der Waals surface area contributed by atoms with E-state index in [0.29, 0.717) is 18.9 Å². The van der Waals surface area contributed by atoms with E-state index in [2.05, 4.69) is 5.32 Å². The summed E-state index contributed by atoms with van der Waals surface area (Å²) in [5.74, 6) is -0.365. The number of carbonyl (C=O) groups is 1. The topological polar surface area (TPSA) is 49.3 Å². The summed E-state index contributed by atoms with van der Waals surface area (Å²) >= 11 is 0. The number of hydrogen-bond donors (Lipinski definition) is 2. The van der Waals surface area contributed by atoms with Crippen molar-refractivity contribution in [3.63, 3.8) is 0 Å². The molecule has 0 saturated carbocycles. The average Bonchev–Trinajstić information content (AvgIpc) is 2.00. The first-order valence-electron chi connectivity index (χ1n) is 5.03. The highest BCUT2D eigenvalue weighted by atomic mass is 16.4. The van der Waals surface area contributed by atoms with E-state index in [4.69, 9.17) is 5.11 Å². The Morgan fingerprint density at radius 3 is 2.36 bits per heavy atom. The van der Waals surface area contributed by atoms with Crippen LogP contribution in [0.5, 0.6) is 0 Å². The van der Waals surface area contributed by atoms with Crippen LogP contribution in [0, 0.1) is 5.92 Å². The summed E-state index contributed by atoms with van der Waals surface area (Å²) < 4.78 is 0. The third-order valence-corrected chi connectivity index (χ3v) is 1.88. The fourth-order valence-corrected chi connectivity index (χ4v) is 1.15. The van der Waals surface area contributed by atoms with Gasteiger partial charge in [-0.15, -0.1) is 0 Å². The average molecular weight is 199 g/mol. The maximum Gasteiger partial charge on any atom is 0.320 e. The van der Waals surface area contributed by atoms with E-state index in [1.807, 2.05) is 33.8 Å². The first-order valence-corrected chi connectivity index (χ1v) is 5.03. The maximum absolute atomic E-state index is 10.8. The minimum Gasteiger partial charge on any atom is -0.480 e. The molecule has 0 bridgehead atoms. The summed E-state index contributed by atoms with van der Waals surface area (Å²) in [7, 11) is 0. The molecular weight excluding hydrogens is 178 g/mol. The van der Waals surface area contributed by atoms with Gasteiger partial charge in [-0.05, 0) is 26.2 Å². The lowest BCUT2D eigenvalue weighted by molar-refractivity contribution is -0.139. The Morgan fingerprint density at radius 2 is 2.00 bits per heavy atom. The van der Waals surface area contributed by atoms with Crippen molar-refractivity contribution in [2.75, 3.05) is 6.54 Å². The van der Waals surface area contributed by atoms with Gasteiger partial charge in [-0.1, -0.05) is 25.5 Å². The minimum atomic E-state index is -0.763. The van der Waals surface area contributed by atoms with E-state index in [0.717, 1.165) is 0 Å². The second-order valence-corrected chi connectivity index (χ2v) is 4.21. The van der Waals surface area contributed by atoms with E-state index < -0.39 is 12.0 Å². The molecule has 0 radical (unpaired) electrons. The van der Waals surface area contributed by atoms with Crippen LogP contribution in [0.25, 0.3) is 0 Å². The normalized spacial score (nSPS) is 12.6. The van der Waals surface area contributed by atoms with Gasteiger partial charge in [-0.25, -0.2) is 0 Å². The summed E-state index contributed by atoms with van der Waals surface area (Å²) in [6.07, 6.45) is 2.67. The van der Waals surface area contributed by atoms with Crippen molar-refractivity contribution >= 4 is 5.97 Å². The Hall–Kier alpha value is -0.830. The molecule has 3 nitrogen and oxygen atoms in total. The van der Waals surface area contributed by atoms with E-state index >= 15 is 0 Å². The lowest BCUT2D eigenvalue weighted by Gasteiger charge is -2.15. The number of aliphatic carboxylic acids is 1. The Bertz CT molecular complexity index is 205. The van der Waals surface area contributed by atoms with Crippen LogP contribution in [0.2, 0.25) is 0 Å². The zero-order chi connectivity index (χ0) is 11.1. The van der Waals surface area contributed by atoms with Crippen LogP contribution < -0.4 is 5.32 Å². The van der Waals surface area contributed by atoms with Crippen molar-refractivity contribution in [2.24, 2.45) is 5.92 Å². The Morgan fingerprint density at radius 1 is 1.43 bits per heavy atom. The second kappa shape index (κ2) is 6.60. The zero-order valence-corrected chi connectivity index (χ0v) is 9.50. The van der Waals surface area contributed by atoms with Crippen LogP contribution in [0.1, 0.15) is 34.1 Å². The van der Waals surface area contributed by atoms with Crippen LogP contribution in [0.3, 0.4) is 0 Å². The monoisotopic (exact) mass is 199 g/mol. The van der Waals surface area contributed by atoms with Gasteiger partial charge in [-0.2, -0.15) is 0 Å². The number of carboxylic acid groups (broad SMARTS) is 1. The fraction of sp³-hybridized carbons (Fsp3) is 0.727. The molecule has 0 aliphatic rings. The summed E-state index contributed by atoms with van der Waals surface area (Å²) in [5.41, 5.74) is 1.20. The minimum absolute atomic E-state index is 0.398. The van der Waals surface area contributed by atoms with Crippen LogP contribution in [0.4, 0.5) is 0 Å². The molecule has 2 N–H and O–H groups in total. The molecule has 0 aromatic heterocycles. The van der Waals surface area contributed by atoms with Crippen molar-refractivity contribution < 1.29 is 9.90 Å². The van der Waals surface area contributed by atoms with Gasteiger partial charge in [0.1, 0.15) is 6.04 Å². The summed E-state index contributed by atoms with van der Waals surface area (Å²) in [6, 6.07) is -0.425. The highest BCUT2D eigenvalue weighted by Crippen LogP contribution is 2.04. The number of nitrogens with one attached hydrogen (secondary N) is 1. The number of hydrogen-bond acceptors (Lipinski definition) is 2. The molecule has 82 valence electrons. The van der Waals surface area contributed by atoms with Gasteiger partial charge in [0.05, 0.1) is 0 Å². The molecule has 0 heterocycles. The van der Waals surface area contributed by atoms with Crippen molar-refractivity contribution in [3.05, 3.63) is 11.6 Å². The molecule has 0 aromatic rings. The number of carboxylic acids is 1. The van der Waals surface area contributed by atoms with Crippen LogP contribution in [0.15, 0.2) is 11.6 Å². The fourth-order valence-electron chi connectivity index (χ4n) is 1.15. The second-order valence-electron chi connectivity index (χ2n) is 4.21. The standard InChI is InChI=1S/C11H21NO2/c1-8(2)5-6-12-10(11(13)14)7-9(3)4/h5,9-10,12H,6-7H2,1-4H3,(H,13,14)/t10-/m0/s1. The Kier molecular flexibility index (Phi) is 6.21. The number of rotatable bonds is 6. The molecule has 0 rings (SSSR count). The molecule has 0 aliphatic carbocycles. The van der Waals surface area contributed by atoms with Crippen LogP contribution in [-0.4, -0.2) is 23.7 Å². The molecule has 0 aromatic carbocycles. The van der Waals surface area contributed by atoms with Crippen LogP contribution >= 0.6 is 0 Å². The largest absolute Gasteiger partial charge is 0.480 e. The molecule has 0 fully saturated rings. The van der Waals surface area contributed by atoms with Gasteiger partial charge in [0.2, 0.25) is 0 Å². The van der Waals surface area contributed by atoms with Crippen molar-refractivity contribution in [1.82, 2.24) is 5.32 Å². The number of allylic oxidation sites excluding steroid dienone is 1. The van der Waals surface area contributed by atoms with Gasteiger partial charge in [0.15, 0.2) is 0 Å². The van der Waals surface area contributed by atoms with Gasteiger partial charge in [0.25, 0.3) is 0 Å². The lowest BCUT2D eigenvalue weighted by Crippen LogP contribution is -2.37. The highest BCUT2D eigenvalue weighted by molar-refractivity contribution is 5.73. The molecule has 3 heteroatoms. The molecular formula is C11H21NO2.